The van der Waals surface area contributed by atoms with Gasteiger partial charge in [-0.05, 0) is 69.2 Å². The molecule has 0 bridgehead atoms. The van der Waals surface area contributed by atoms with Crippen molar-refractivity contribution in [3.63, 3.8) is 0 Å². The third-order valence-electron chi connectivity index (χ3n) is 5.40. The molecule has 1 amide bonds. The molecule has 2 aromatic carbocycles. The normalized spacial score (nSPS) is 17.1. The lowest BCUT2D eigenvalue weighted by molar-refractivity contribution is -0.155. The predicted molar refractivity (Wildman–Crippen MR) is 135 cm³/mol. The zero-order chi connectivity index (χ0) is 26.9. The molecular weight excluding hydrogens is 481 g/mol. The van der Waals surface area contributed by atoms with E-state index in [1.165, 1.54) is 12.1 Å². The van der Waals surface area contributed by atoms with E-state index in [1.807, 2.05) is 0 Å². The monoisotopic (exact) mass is 515 g/mol. The van der Waals surface area contributed by atoms with Gasteiger partial charge in [-0.25, -0.2) is 14.8 Å². The van der Waals surface area contributed by atoms with Gasteiger partial charge in [-0.2, -0.15) is 0 Å². The van der Waals surface area contributed by atoms with Crippen LogP contribution in [0, 0.1) is 5.82 Å². The lowest BCUT2D eigenvalue weighted by atomic mass is 9.94. The van der Waals surface area contributed by atoms with Crippen molar-refractivity contribution in [3.8, 4) is 5.75 Å². The SMILES string of the molecule is CC(C)(C)OC(=O)CC[C@@]1(C(=O)NNCc2cccc(F)c2)COC(c2ccc(OCCCO)cc2)=N1. The van der Waals surface area contributed by atoms with Crippen molar-refractivity contribution in [1.29, 1.82) is 0 Å². The molecule has 3 N–H and O–H groups in total. The number of aliphatic imine (C=N–C) groups is 1. The van der Waals surface area contributed by atoms with Crippen molar-refractivity contribution in [2.45, 2.75) is 57.7 Å². The molecule has 1 heterocycles. The standard InChI is InChI=1S/C27H34FN3O6/c1-26(2,3)37-23(33)12-13-27(25(34)31-29-17-19-6-4-7-21(28)16-19)18-36-24(30-27)20-8-10-22(11-9-20)35-15-5-14-32/h4,6-11,16,29,32H,5,12-15,17-18H2,1-3H3,(H,31,34)/t27-/m0/s1. The minimum atomic E-state index is -1.36. The zero-order valence-corrected chi connectivity index (χ0v) is 21.4. The van der Waals surface area contributed by atoms with Crippen LogP contribution in [0.2, 0.25) is 0 Å². The number of esters is 1. The van der Waals surface area contributed by atoms with E-state index in [-0.39, 0.29) is 44.3 Å². The van der Waals surface area contributed by atoms with Crippen LogP contribution in [-0.2, 0) is 25.6 Å². The highest BCUT2D eigenvalue weighted by atomic mass is 19.1. The first-order valence-corrected chi connectivity index (χ1v) is 12.2. The number of rotatable bonds is 12. The predicted octanol–water partition coefficient (Wildman–Crippen LogP) is 3.05. The Labute approximate surface area is 216 Å². The fraction of sp³-hybridized carbons (Fsp3) is 0.444. The van der Waals surface area contributed by atoms with Gasteiger partial charge in [0.1, 0.15) is 23.8 Å². The molecule has 9 nitrogen and oxygen atoms in total. The van der Waals surface area contributed by atoms with Gasteiger partial charge in [-0.3, -0.25) is 15.0 Å². The molecule has 1 aliphatic heterocycles. The molecule has 10 heteroatoms. The summed E-state index contributed by atoms with van der Waals surface area (Å²) in [4.78, 5) is 30.3. The van der Waals surface area contributed by atoms with Gasteiger partial charge < -0.3 is 19.3 Å². The number of carbonyl (C=O) groups is 2. The number of carbonyl (C=O) groups excluding carboxylic acids is 2. The number of aliphatic hydroxyl groups is 1. The third-order valence-corrected chi connectivity index (χ3v) is 5.40. The first-order valence-electron chi connectivity index (χ1n) is 12.2. The van der Waals surface area contributed by atoms with Crippen LogP contribution in [0.3, 0.4) is 0 Å². The van der Waals surface area contributed by atoms with Crippen molar-refractivity contribution in [3.05, 3.63) is 65.5 Å². The van der Waals surface area contributed by atoms with Crippen molar-refractivity contribution in [2.24, 2.45) is 4.99 Å². The molecule has 200 valence electrons. The number of benzene rings is 2. The average molecular weight is 516 g/mol. The summed E-state index contributed by atoms with van der Waals surface area (Å²) >= 11 is 0. The van der Waals surface area contributed by atoms with Crippen LogP contribution >= 0.6 is 0 Å². The molecular formula is C27H34FN3O6. The highest BCUT2D eigenvalue weighted by Gasteiger charge is 2.45. The second kappa shape index (κ2) is 12.6. The van der Waals surface area contributed by atoms with Crippen LogP contribution in [0.4, 0.5) is 4.39 Å². The van der Waals surface area contributed by atoms with Crippen molar-refractivity contribution in [2.75, 3.05) is 19.8 Å². The van der Waals surface area contributed by atoms with Crippen LogP contribution in [0.25, 0.3) is 0 Å². The van der Waals surface area contributed by atoms with Crippen LogP contribution in [0.15, 0.2) is 53.5 Å². The molecule has 1 atom stereocenters. The summed E-state index contributed by atoms with van der Waals surface area (Å²) in [5, 5.41) is 8.89. The van der Waals surface area contributed by atoms with Gasteiger partial charge in [0.2, 0.25) is 5.90 Å². The smallest absolute Gasteiger partial charge is 0.306 e. The third kappa shape index (κ3) is 8.54. The Hall–Kier alpha value is -3.50. The Balaban J connectivity index is 1.72. The maximum Gasteiger partial charge on any atom is 0.306 e. The summed E-state index contributed by atoms with van der Waals surface area (Å²) in [7, 11) is 0. The Morgan fingerprint density at radius 3 is 2.62 bits per heavy atom. The molecule has 0 saturated carbocycles. The molecule has 1 aliphatic rings. The molecule has 0 saturated heterocycles. The van der Waals surface area contributed by atoms with E-state index in [2.05, 4.69) is 15.8 Å². The van der Waals surface area contributed by atoms with Crippen LogP contribution in [0.5, 0.6) is 5.75 Å². The van der Waals surface area contributed by atoms with Crippen LogP contribution in [0.1, 0.15) is 51.2 Å². The van der Waals surface area contributed by atoms with E-state index in [4.69, 9.17) is 19.3 Å². The summed E-state index contributed by atoms with van der Waals surface area (Å²) in [5.74, 6) is -0.396. The van der Waals surface area contributed by atoms with E-state index in [1.54, 1.807) is 57.2 Å². The summed E-state index contributed by atoms with van der Waals surface area (Å²) < 4.78 is 30.2. The van der Waals surface area contributed by atoms with Gasteiger partial charge in [0.05, 0.1) is 6.61 Å². The lowest BCUT2D eigenvalue weighted by Gasteiger charge is -2.24. The highest BCUT2D eigenvalue weighted by Crippen LogP contribution is 2.28. The highest BCUT2D eigenvalue weighted by molar-refractivity contribution is 6.00. The van der Waals surface area contributed by atoms with Gasteiger partial charge in [0.15, 0.2) is 5.54 Å². The molecule has 0 aromatic heterocycles. The Bertz CT molecular complexity index is 1100. The van der Waals surface area contributed by atoms with Gasteiger partial charge in [-0.15, -0.1) is 0 Å². The summed E-state index contributed by atoms with van der Waals surface area (Å²) in [6, 6.07) is 13.0. The molecule has 0 radical (unpaired) electrons. The van der Waals surface area contributed by atoms with Gasteiger partial charge in [0.25, 0.3) is 5.91 Å². The molecule has 0 fully saturated rings. The number of nitrogens with zero attached hydrogens (tertiary/aromatic N) is 1. The second-order valence-corrected chi connectivity index (χ2v) is 9.71. The first-order chi connectivity index (χ1) is 17.6. The maximum atomic E-state index is 13.4. The number of hydrazine groups is 1. The van der Waals surface area contributed by atoms with E-state index >= 15 is 0 Å². The van der Waals surface area contributed by atoms with Gasteiger partial charge in [-0.1, -0.05) is 12.1 Å². The minimum absolute atomic E-state index is 0.0354. The number of aliphatic hydroxyl groups excluding tert-OH is 1. The minimum Gasteiger partial charge on any atom is -0.494 e. The maximum absolute atomic E-state index is 13.4. The Kier molecular flexibility index (Phi) is 9.60. The molecule has 0 unspecified atom stereocenters. The van der Waals surface area contributed by atoms with E-state index in [0.717, 1.165) is 0 Å². The molecule has 2 aromatic rings. The Morgan fingerprint density at radius 2 is 1.95 bits per heavy atom. The second-order valence-electron chi connectivity index (χ2n) is 9.71. The van der Waals surface area contributed by atoms with Gasteiger partial charge in [0, 0.05) is 31.6 Å². The number of ether oxygens (including phenoxy) is 3. The average Bonchev–Trinajstić information content (AvgIpc) is 3.28. The fourth-order valence-corrected chi connectivity index (χ4v) is 3.59. The fourth-order valence-electron chi connectivity index (χ4n) is 3.59. The van der Waals surface area contributed by atoms with Gasteiger partial charge >= 0.3 is 5.97 Å². The van der Waals surface area contributed by atoms with Crippen molar-refractivity contribution in [1.82, 2.24) is 10.9 Å². The zero-order valence-electron chi connectivity index (χ0n) is 21.4. The Morgan fingerprint density at radius 1 is 1.19 bits per heavy atom. The molecule has 0 aliphatic carbocycles. The van der Waals surface area contributed by atoms with Crippen LogP contribution < -0.4 is 15.6 Å². The van der Waals surface area contributed by atoms with Crippen LogP contribution in [-0.4, -0.2) is 53.8 Å². The van der Waals surface area contributed by atoms with Crippen molar-refractivity contribution >= 4 is 17.8 Å². The quantitative estimate of drug-likeness (QED) is 0.226. The van der Waals surface area contributed by atoms with Crippen molar-refractivity contribution < 1.29 is 33.3 Å². The summed E-state index contributed by atoms with van der Waals surface area (Å²) in [6.45, 7) is 5.90. The largest absolute Gasteiger partial charge is 0.494 e. The number of hydrogen-bond acceptors (Lipinski definition) is 8. The summed E-state index contributed by atoms with van der Waals surface area (Å²) in [5.41, 5.74) is 4.71. The number of amides is 1. The summed E-state index contributed by atoms with van der Waals surface area (Å²) in [6.07, 6.45) is 0.563. The van der Waals surface area contributed by atoms with E-state index in [0.29, 0.717) is 29.9 Å². The molecule has 3 rings (SSSR count). The van der Waals surface area contributed by atoms with E-state index < -0.39 is 23.0 Å². The topological polar surface area (TPSA) is 118 Å². The molecule has 0 spiro atoms. The number of halogens is 1. The number of hydrogen-bond donors (Lipinski definition) is 3. The lowest BCUT2D eigenvalue weighted by Crippen LogP contribution is -2.51. The number of nitrogens with one attached hydrogen (secondary N) is 2. The molecule has 37 heavy (non-hydrogen) atoms. The van der Waals surface area contributed by atoms with E-state index in [9.17, 15) is 14.0 Å². The first kappa shape index (κ1) is 28.1.